The van der Waals surface area contributed by atoms with E-state index < -0.39 is 0 Å². The fraction of sp³-hybridized carbons (Fsp3) is 0.353. The third kappa shape index (κ3) is 2.65. The molecule has 1 saturated heterocycles. The van der Waals surface area contributed by atoms with E-state index in [4.69, 9.17) is 10.7 Å². The SMILES string of the molecule is Cc1ccc2nc([C@@H]3CCCN(C(=O)c4csnc4N)C3)[nH]c2c1. The van der Waals surface area contributed by atoms with Crippen molar-refractivity contribution in [3.63, 3.8) is 0 Å². The smallest absolute Gasteiger partial charge is 0.258 e. The average Bonchev–Trinajstić information content (AvgIpc) is 3.20. The van der Waals surface area contributed by atoms with Gasteiger partial charge in [-0.3, -0.25) is 4.79 Å². The minimum Gasteiger partial charge on any atom is -0.382 e. The molecule has 3 aromatic rings. The first-order chi connectivity index (χ1) is 11.6. The summed E-state index contributed by atoms with van der Waals surface area (Å²) < 4.78 is 4.00. The molecular weight excluding hydrogens is 322 g/mol. The van der Waals surface area contributed by atoms with Crippen LogP contribution in [0.3, 0.4) is 0 Å². The molecule has 24 heavy (non-hydrogen) atoms. The minimum atomic E-state index is -0.0297. The van der Waals surface area contributed by atoms with Gasteiger partial charge < -0.3 is 15.6 Å². The zero-order chi connectivity index (χ0) is 16.7. The van der Waals surface area contributed by atoms with Gasteiger partial charge in [0.05, 0.1) is 16.6 Å². The van der Waals surface area contributed by atoms with Crippen LogP contribution >= 0.6 is 11.5 Å². The number of nitrogen functional groups attached to an aromatic ring is 1. The molecule has 3 N–H and O–H groups in total. The number of carbonyl (C=O) groups excluding carboxylic acids is 1. The molecule has 1 aliphatic heterocycles. The van der Waals surface area contributed by atoms with Crippen molar-refractivity contribution in [3.8, 4) is 0 Å². The summed E-state index contributed by atoms with van der Waals surface area (Å²) >= 11 is 1.22. The van der Waals surface area contributed by atoms with Gasteiger partial charge in [-0.25, -0.2) is 4.98 Å². The number of amides is 1. The van der Waals surface area contributed by atoms with Gasteiger partial charge in [-0.2, -0.15) is 4.37 Å². The van der Waals surface area contributed by atoms with E-state index in [1.807, 2.05) is 11.0 Å². The zero-order valence-electron chi connectivity index (χ0n) is 13.5. The van der Waals surface area contributed by atoms with Gasteiger partial charge in [0.25, 0.3) is 5.91 Å². The lowest BCUT2D eigenvalue weighted by atomic mass is 9.97. The van der Waals surface area contributed by atoms with E-state index in [0.29, 0.717) is 17.9 Å². The van der Waals surface area contributed by atoms with E-state index in [1.54, 1.807) is 5.38 Å². The van der Waals surface area contributed by atoms with Gasteiger partial charge in [0, 0.05) is 24.4 Å². The summed E-state index contributed by atoms with van der Waals surface area (Å²) in [6, 6.07) is 6.21. The highest BCUT2D eigenvalue weighted by molar-refractivity contribution is 7.04. The van der Waals surface area contributed by atoms with Crippen molar-refractivity contribution in [3.05, 3.63) is 40.5 Å². The second-order valence-electron chi connectivity index (χ2n) is 6.35. The second-order valence-corrected chi connectivity index (χ2v) is 6.98. The Kier molecular flexibility index (Phi) is 3.72. The predicted molar refractivity (Wildman–Crippen MR) is 95.2 cm³/mol. The number of benzene rings is 1. The van der Waals surface area contributed by atoms with Crippen LogP contribution in [0, 0.1) is 6.92 Å². The molecule has 0 bridgehead atoms. The Morgan fingerprint density at radius 2 is 2.33 bits per heavy atom. The van der Waals surface area contributed by atoms with E-state index in [0.717, 1.165) is 36.2 Å². The van der Waals surface area contributed by atoms with Crippen LogP contribution in [0.4, 0.5) is 5.82 Å². The topological polar surface area (TPSA) is 87.9 Å². The molecule has 4 rings (SSSR count). The van der Waals surface area contributed by atoms with Gasteiger partial charge in [-0.1, -0.05) is 6.07 Å². The summed E-state index contributed by atoms with van der Waals surface area (Å²) in [6.07, 6.45) is 1.99. The number of carbonyl (C=O) groups is 1. The first-order valence-electron chi connectivity index (χ1n) is 8.07. The average molecular weight is 341 g/mol. The molecule has 1 atom stereocenters. The largest absolute Gasteiger partial charge is 0.382 e. The van der Waals surface area contributed by atoms with Crippen molar-refractivity contribution in [2.75, 3.05) is 18.8 Å². The molecular formula is C17H19N5OS. The molecule has 3 heterocycles. The van der Waals surface area contributed by atoms with Crippen LogP contribution in [0.25, 0.3) is 11.0 Å². The Balaban J connectivity index is 1.57. The highest BCUT2D eigenvalue weighted by Crippen LogP contribution is 2.28. The number of imidazole rings is 1. The van der Waals surface area contributed by atoms with Crippen molar-refractivity contribution in [2.24, 2.45) is 0 Å². The van der Waals surface area contributed by atoms with Crippen LogP contribution in [0.15, 0.2) is 23.6 Å². The maximum absolute atomic E-state index is 12.7. The summed E-state index contributed by atoms with van der Waals surface area (Å²) in [5, 5.41) is 1.73. The van der Waals surface area contributed by atoms with Gasteiger partial charge in [-0.15, -0.1) is 0 Å². The Morgan fingerprint density at radius 3 is 3.12 bits per heavy atom. The van der Waals surface area contributed by atoms with Crippen molar-refractivity contribution < 1.29 is 4.79 Å². The van der Waals surface area contributed by atoms with Crippen LogP contribution < -0.4 is 5.73 Å². The highest BCUT2D eigenvalue weighted by Gasteiger charge is 2.28. The first-order valence-corrected chi connectivity index (χ1v) is 8.91. The van der Waals surface area contributed by atoms with Crippen molar-refractivity contribution >= 4 is 34.3 Å². The van der Waals surface area contributed by atoms with Crippen LogP contribution in [0.1, 0.15) is 40.5 Å². The monoisotopic (exact) mass is 341 g/mol. The van der Waals surface area contributed by atoms with Crippen LogP contribution in [0.2, 0.25) is 0 Å². The second kappa shape index (κ2) is 5.90. The molecule has 1 fully saturated rings. The molecule has 0 saturated carbocycles. The number of anilines is 1. The lowest BCUT2D eigenvalue weighted by Gasteiger charge is -2.31. The molecule has 6 nitrogen and oxygen atoms in total. The summed E-state index contributed by atoms with van der Waals surface area (Å²) in [5.41, 5.74) is 9.55. The molecule has 1 aromatic carbocycles. The van der Waals surface area contributed by atoms with Gasteiger partial charge in [0.15, 0.2) is 0 Å². The number of piperidine rings is 1. The van der Waals surface area contributed by atoms with E-state index in [2.05, 4.69) is 28.4 Å². The lowest BCUT2D eigenvalue weighted by Crippen LogP contribution is -2.39. The van der Waals surface area contributed by atoms with Gasteiger partial charge in [0.1, 0.15) is 11.6 Å². The predicted octanol–water partition coefficient (Wildman–Crippen LogP) is 2.93. The number of nitrogens with zero attached hydrogens (tertiary/aromatic N) is 3. The molecule has 2 aromatic heterocycles. The van der Waals surface area contributed by atoms with Gasteiger partial charge in [0.2, 0.25) is 0 Å². The third-order valence-electron chi connectivity index (χ3n) is 4.58. The highest BCUT2D eigenvalue weighted by atomic mass is 32.1. The Labute approximate surface area is 143 Å². The molecule has 124 valence electrons. The maximum atomic E-state index is 12.7. The minimum absolute atomic E-state index is 0.0297. The number of nitrogens with one attached hydrogen (secondary N) is 1. The standard InChI is InChI=1S/C17H19N5OS/c1-10-4-5-13-14(7-10)20-16(19-13)11-3-2-6-22(8-11)17(23)12-9-24-21-15(12)18/h4-5,7,9,11H,2-3,6,8H2,1H3,(H2,18,21)(H,19,20)/t11-/m1/s1. The van der Waals surface area contributed by atoms with Crippen LogP contribution in [0.5, 0.6) is 0 Å². The molecule has 1 aliphatic rings. The maximum Gasteiger partial charge on any atom is 0.258 e. The number of aromatic nitrogens is 3. The number of likely N-dealkylation sites (tertiary alicyclic amines) is 1. The Morgan fingerprint density at radius 1 is 1.46 bits per heavy atom. The van der Waals surface area contributed by atoms with E-state index in [9.17, 15) is 4.79 Å². The number of nitrogens with two attached hydrogens (primary N) is 1. The summed E-state index contributed by atoms with van der Waals surface area (Å²) in [4.78, 5) is 22.7. The summed E-state index contributed by atoms with van der Waals surface area (Å²) in [6.45, 7) is 3.48. The fourth-order valence-corrected chi connectivity index (χ4v) is 3.89. The van der Waals surface area contributed by atoms with E-state index in [1.165, 1.54) is 17.1 Å². The lowest BCUT2D eigenvalue weighted by molar-refractivity contribution is 0.0706. The van der Waals surface area contributed by atoms with E-state index >= 15 is 0 Å². The Bertz CT molecular complexity index is 899. The van der Waals surface area contributed by atoms with Crippen molar-refractivity contribution in [1.29, 1.82) is 0 Å². The number of hydrogen-bond acceptors (Lipinski definition) is 5. The summed E-state index contributed by atoms with van der Waals surface area (Å²) in [7, 11) is 0. The number of H-pyrrole nitrogens is 1. The Hall–Kier alpha value is -2.41. The zero-order valence-corrected chi connectivity index (χ0v) is 14.3. The quantitative estimate of drug-likeness (QED) is 0.750. The van der Waals surface area contributed by atoms with Crippen LogP contribution in [-0.4, -0.2) is 38.2 Å². The summed E-state index contributed by atoms with van der Waals surface area (Å²) in [5.74, 6) is 1.48. The molecule has 7 heteroatoms. The first kappa shape index (κ1) is 15.1. The number of aryl methyl sites for hydroxylation is 1. The number of fused-ring (bicyclic) bond motifs is 1. The normalized spacial score (nSPS) is 18.2. The van der Waals surface area contributed by atoms with Crippen LogP contribution in [-0.2, 0) is 0 Å². The molecule has 0 radical (unpaired) electrons. The number of aromatic amines is 1. The molecule has 0 spiro atoms. The van der Waals surface area contributed by atoms with E-state index in [-0.39, 0.29) is 11.8 Å². The number of hydrogen-bond donors (Lipinski definition) is 2. The molecule has 0 aliphatic carbocycles. The third-order valence-corrected chi connectivity index (χ3v) is 5.22. The van der Waals surface area contributed by atoms with Crippen molar-refractivity contribution in [1.82, 2.24) is 19.2 Å². The molecule has 1 amide bonds. The van der Waals surface area contributed by atoms with Gasteiger partial charge >= 0.3 is 0 Å². The van der Waals surface area contributed by atoms with Gasteiger partial charge in [-0.05, 0) is 49.0 Å². The fourth-order valence-electron chi connectivity index (χ4n) is 3.30. The van der Waals surface area contributed by atoms with Crippen molar-refractivity contribution in [2.45, 2.75) is 25.7 Å². The number of rotatable bonds is 2. The molecule has 0 unspecified atom stereocenters.